The monoisotopic (exact) mass is 251 g/mol. The molecule has 0 saturated carbocycles. The minimum atomic E-state index is 0.141. The van der Waals surface area contributed by atoms with Gasteiger partial charge in [0.05, 0.1) is 19.3 Å². The van der Waals surface area contributed by atoms with Crippen LogP contribution in [0.4, 0.5) is 0 Å². The van der Waals surface area contributed by atoms with E-state index in [1.54, 1.807) is 0 Å². The quantitative estimate of drug-likeness (QED) is 0.731. The van der Waals surface area contributed by atoms with Crippen LogP contribution in [0.15, 0.2) is 24.3 Å². The Kier molecular flexibility index (Phi) is 7.65. The molecular formula is C15H25NO2. The van der Waals surface area contributed by atoms with Crippen molar-refractivity contribution in [3.63, 3.8) is 0 Å². The van der Waals surface area contributed by atoms with E-state index in [1.165, 1.54) is 11.1 Å². The van der Waals surface area contributed by atoms with Crippen molar-refractivity contribution in [1.29, 1.82) is 0 Å². The minimum Gasteiger partial charge on any atom is -0.379 e. The van der Waals surface area contributed by atoms with Crippen LogP contribution in [0.3, 0.4) is 0 Å². The molecule has 0 amide bonds. The maximum Gasteiger partial charge on any atom is 0.0785 e. The molecule has 1 unspecified atom stereocenters. The van der Waals surface area contributed by atoms with E-state index in [0.29, 0.717) is 13.2 Å². The van der Waals surface area contributed by atoms with Crippen LogP contribution < -0.4 is 5.32 Å². The van der Waals surface area contributed by atoms with Gasteiger partial charge in [-0.05, 0) is 45.0 Å². The summed E-state index contributed by atoms with van der Waals surface area (Å²) < 4.78 is 11.1. The first-order valence-corrected chi connectivity index (χ1v) is 6.68. The van der Waals surface area contributed by atoms with Crippen LogP contribution in [0.2, 0.25) is 0 Å². The van der Waals surface area contributed by atoms with Crippen molar-refractivity contribution in [2.75, 3.05) is 26.8 Å². The second kappa shape index (κ2) is 9.09. The van der Waals surface area contributed by atoms with Gasteiger partial charge in [-0.2, -0.15) is 0 Å². The first kappa shape index (κ1) is 15.2. The zero-order chi connectivity index (χ0) is 13.2. The van der Waals surface area contributed by atoms with E-state index in [1.807, 2.05) is 20.9 Å². The van der Waals surface area contributed by atoms with Crippen molar-refractivity contribution in [2.24, 2.45) is 0 Å². The molecule has 0 radical (unpaired) electrons. The average molecular weight is 251 g/mol. The lowest BCUT2D eigenvalue weighted by atomic mass is 10.1. The molecule has 0 bridgehead atoms. The summed E-state index contributed by atoms with van der Waals surface area (Å²) in [5, 5.41) is 3.18. The standard InChI is InChI=1S/C15H25NO2/c1-4-17-11-13(2)18-12-15-8-6-5-7-14(15)9-10-16-3/h5-8,13,16H,4,9-12H2,1-3H3. The summed E-state index contributed by atoms with van der Waals surface area (Å²) in [6, 6.07) is 8.45. The van der Waals surface area contributed by atoms with Crippen LogP contribution in [-0.2, 0) is 22.5 Å². The Morgan fingerprint density at radius 3 is 2.61 bits per heavy atom. The molecule has 0 fully saturated rings. The van der Waals surface area contributed by atoms with E-state index in [9.17, 15) is 0 Å². The molecule has 102 valence electrons. The Hall–Kier alpha value is -0.900. The highest BCUT2D eigenvalue weighted by atomic mass is 16.5. The number of hydrogen-bond donors (Lipinski definition) is 1. The molecule has 0 aliphatic heterocycles. The van der Waals surface area contributed by atoms with Gasteiger partial charge in [-0.3, -0.25) is 0 Å². The molecule has 1 N–H and O–H groups in total. The second-order valence-electron chi connectivity index (χ2n) is 4.40. The SMILES string of the molecule is CCOCC(C)OCc1ccccc1CCNC. The van der Waals surface area contributed by atoms with Gasteiger partial charge in [0.2, 0.25) is 0 Å². The molecule has 0 saturated heterocycles. The van der Waals surface area contributed by atoms with Crippen LogP contribution >= 0.6 is 0 Å². The van der Waals surface area contributed by atoms with Gasteiger partial charge in [-0.25, -0.2) is 0 Å². The lowest BCUT2D eigenvalue weighted by molar-refractivity contribution is -0.0118. The molecule has 1 aromatic carbocycles. The largest absolute Gasteiger partial charge is 0.379 e. The predicted octanol–water partition coefficient (Wildman–Crippen LogP) is 2.39. The Morgan fingerprint density at radius 1 is 1.22 bits per heavy atom. The summed E-state index contributed by atoms with van der Waals surface area (Å²) in [6.07, 6.45) is 1.18. The highest BCUT2D eigenvalue weighted by molar-refractivity contribution is 5.26. The van der Waals surface area contributed by atoms with Gasteiger partial charge < -0.3 is 14.8 Å². The summed E-state index contributed by atoms with van der Waals surface area (Å²) in [6.45, 7) is 7.10. The molecule has 0 aliphatic carbocycles. The highest BCUT2D eigenvalue weighted by Crippen LogP contribution is 2.11. The third kappa shape index (κ3) is 5.63. The first-order chi connectivity index (χ1) is 8.77. The molecule has 0 aromatic heterocycles. The normalized spacial score (nSPS) is 12.6. The number of ether oxygens (including phenoxy) is 2. The fourth-order valence-corrected chi connectivity index (χ4v) is 1.77. The summed E-state index contributed by atoms with van der Waals surface area (Å²) in [4.78, 5) is 0. The zero-order valence-corrected chi connectivity index (χ0v) is 11.7. The van der Waals surface area contributed by atoms with E-state index in [-0.39, 0.29) is 6.10 Å². The molecule has 0 heterocycles. The highest BCUT2D eigenvalue weighted by Gasteiger charge is 2.05. The zero-order valence-electron chi connectivity index (χ0n) is 11.7. The van der Waals surface area contributed by atoms with Gasteiger partial charge in [-0.15, -0.1) is 0 Å². The van der Waals surface area contributed by atoms with Crippen molar-refractivity contribution in [3.05, 3.63) is 35.4 Å². The van der Waals surface area contributed by atoms with Crippen LogP contribution in [0.5, 0.6) is 0 Å². The fourth-order valence-electron chi connectivity index (χ4n) is 1.77. The maximum absolute atomic E-state index is 5.81. The number of rotatable bonds is 9. The van der Waals surface area contributed by atoms with E-state index in [0.717, 1.165) is 19.6 Å². The lowest BCUT2D eigenvalue weighted by Gasteiger charge is -2.15. The van der Waals surface area contributed by atoms with E-state index in [2.05, 4.69) is 29.6 Å². The summed E-state index contributed by atoms with van der Waals surface area (Å²) >= 11 is 0. The maximum atomic E-state index is 5.81. The van der Waals surface area contributed by atoms with Gasteiger partial charge in [0.1, 0.15) is 0 Å². The topological polar surface area (TPSA) is 30.5 Å². The molecule has 1 aromatic rings. The van der Waals surface area contributed by atoms with Crippen LogP contribution in [0.25, 0.3) is 0 Å². The van der Waals surface area contributed by atoms with E-state index < -0.39 is 0 Å². The summed E-state index contributed by atoms with van der Waals surface area (Å²) in [5.74, 6) is 0. The molecular weight excluding hydrogens is 226 g/mol. The average Bonchev–Trinajstić information content (AvgIpc) is 2.41. The molecule has 1 atom stereocenters. The van der Waals surface area contributed by atoms with Crippen molar-refractivity contribution in [3.8, 4) is 0 Å². The molecule has 3 heteroatoms. The van der Waals surface area contributed by atoms with E-state index in [4.69, 9.17) is 9.47 Å². The lowest BCUT2D eigenvalue weighted by Crippen LogP contribution is -2.17. The number of nitrogens with one attached hydrogen (secondary N) is 1. The van der Waals surface area contributed by atoms with Gasteiger partial charge in [0.15, 0.2) is 0 Å². The van der Waals surface area contributed by atoms with Crippen molar-refractivity contribution in [1.82, 2.24) is 5.32 Å². The molecule has 3 nitrogen and oxygen atoms in total. The summed E-state index contributed by atoms with van der Waals surface area (Å²) in [5.41, 5.74) is 2.63. The summed E-state index contributed by atoms with van der Waals surface area (Å²) in [7, 11) is 1.98. The Bertz CT molecular complexity index is 328. The first-order valence-electron chi connectivity index (χ1n) is 6.68. The molecule has 18 heavy (non-hydrogen) atoms. The Labute approximate surface area is 110 Å². The Morgan fingerprint density at radius 2 is 1.94 bits per heavy atom. The van der Waals surface area contributed by atoms with Gasteiger partial charge in [0, 0.05) is 6.61 Å². The van der Waals surface area contributed by atoms with E-state index >= 15 is 0 Å². The number of hydrogen-bond acceptors (Lipinski definition) is 3. The van der Waals surface area contributed by atoms with Gasteiger partial charge >= 0.3 is 0 Å². The number of likely N-dealkylation sites (N-methyl/N-ethyl adjacent to an activating group) is 1. The second-order valence-corrected chi connectivity index (χ2v) is 4.40. The smallest absolute Gasteiger partial charge is 0.0785 e. The predicted molar refractivity (Wildman–Crippen MR) is 74.8 cm³/mol. The fraction of sp³-hybridized carbons (Fsp3) is 0.600. The van der Waals surface area contributed by atoms with Gasteiger partial charge in [-0.1, -0.05) is 24.3 Å². The Balaban J connectivity index is 2.45. The third-order valence-corrected chi connectivity index (χ3v) is 2.84. The van der Waals surface area contributed by atoms with Crippen molar-refractivity contribution in [2.45, 2.75) is 33.0 Å². The molecule has 0 spiro atoms. The van der Waals surface area contributed by atoms with Crippen LogP contribution in [-0.4, -0.2) is 32.9 Å². The third-order valence-electron chi connectivity index (χ3n) is 2.84. The molecule has 0 aliphatic rings. The van der Waals surface area contributed by atoms with Gasteiger partial charge in [0.25, 0.3) is 0 Å². The van der Waals surface area contributed by atoms with Crippen LogP contribution in [0.1, 0.15) is 25.0 Å². The number of benzene rings is 1. The van der Waals surface area contributed by atoms with Crippen LogP contribution in [0, 0.1) is 0 Å². The van der Waals surface area contributed by atoms with Crippen molar-refractivity contribution < 1.29 is 9.47 Å². The molecule has 1 rings (SSSR count). The van der Waals surface area contributed by atoms with Crippen molar-refractivity contribution >= 4 is 0 Å². The minimum absolute atomic E-state index is 0.141.